The summed E-state index contributed by atoms with van der Waals surface area (Å²) < 4.78 is 32.8. The summed E-state index contributed by atoms with van der Waals surface area (Å²) in [5, 5.41) is 5.56. The zero-order chi connectivity index (χ0) is 24.3. The van der Waals surface area contributed by atoms with Crippen LogP contribution >= 0.6 is 0 Å². The summed E-state index contributed by atoms with van der Waals surface area (Å²) in [5.41, 5.74) is 7.43. The van der Waals surface area contributed by atoms with Crippen LogP contribution in [-0.2, 0) is 23.4 Å². The van der Waals surface area contributed by atoms with E-state index in [2.05, 4.69) is 43.8 Å². The number of fused-ring (bicyclic) bond motifs is 2. The Morgan fingerprint density at radius 3 is 2.52 bits per heavy atom. The lowest BCUT2D eigenvalue weighted by Crippen LogP contribution is -2.44. The summed E-state index contributed by atoms with van der Waals surface area (Å²) in [5.74, 6) is -0.395. The monoisotopic (exact) mass is 479 g/mol. The molecule has 0 aliphatic carbocycles. The Bertz CT molecular complexity index is 1020. The Labute approximate surface area is 196 Å². The lowest BCUT2D eigenvalue weighted by Gasteiger charge is -2.37. The van der Waals surface area contributed by atoms with Gasteiger partial charge in [-0.05, 0) is 38.9 Å². The van der Waals surface area contributed by atoms with Crippen molar-refractivity contribution in [2.24, 2.45) is 0 Å². The van der Waals surface area contributed by atoms with E-state index in [1.54, 1.807) is 11.8 Å². The first kappa shape index (κ1) is 24.5. The average molecular weight is 480 g/mol. The van der Waals surface area contributed by atoms with Crippen LogP contribution < -0.4 is 5.73 Å². The summed E-state index contributed by atoms with van der Waals surface area (Å²) in [4.78, 5) is 8.62. The fraction of sp³-hybridized carbons (Fsp3) is 0.773. The summed E-state index contributed by atoms with van der Waals surface area (Å²) in [6, 6.07) is 0. The third-order valence-corrected chi connectivity index (χ3v) is 11.6. The summed E-state index contributed by atoms with van der Waals surface area (Å²) in [6.45, 7) is 17.3. The molecule has 10 nitrogen and oxygen atoms in total. The number of nitrogens with two attached hydrogens (primary N) is 1. The van der Waals surface area contributed by atoms with Gasteiger partial charge < -0.3 is 29.1 Å². The van der Waals surface area contributed by atoms with Gasteiger partial charge >= 0.3 is 0 Å². The first-order valence-electron chi connectivity index (χ1n) is 11.4. The van der Waals surface area contributed by atoms with Crippen molar-refractivity contribution < 1.29 is 23.4 Å². The molecule has 184 valence electrons. The van der Waals surface area contributed by atoms with E-state index in [1.807, 2.05) is 20.8 Å². The third kappa shape index (κ3) is 4.30. The number of nitrogens with zero attached hydrogens (tertiary/aromatic N) is 4. The Morgan fingerprint density at radius 1 is 1.21 bits per heavy atom. The largest absolute Gasteiger partial charge is 0.414 e. The second-order valence-corrected chi connectivity index (χ2v) is 15.7. The molecule has 11 heteroatoms. The van der Waals surface area contributed by atoms with Gasteiger partial charge in [-0.25, -0.2) is 14.6 Å². The van der Waals surface area contributed by atoms with Crippen LogP contribution in [0.1, 0.15) is 59.6 Å². The molecule has 5 atom stereocenters. The molecule has 2 aliphatic rings. The molecule has 0 unspecified atom stereocenters. The van der Waals surface area contributed by atoms with Crippen LogP contribution in [0, 0.1) is 0 Å². The van der Waals surface area contributed by atoms with Crippen LogP contribution in [0.2, 0.25) is 18.1 Å². The molecule has 2 N–H and O–H groups in total. The highest BCUT2D eigenvalue weighted by atomic mass is 28.4. The zero-order valence-corrected chi connectivity index (χ0v) is 22.1. The van der Waals surface area contributed by atoms with Gasteiger partial charge in [0, 0.05) is 7.11 Å². The smallest absolute Gasteiger partial charge is 0.192 e. The molecule has 33 heavy (non-hydrogen) atoms. The molecule has 0 radical (unpaired) electrons. The van der Waals surface area contributed by atoms with Crippen molar-refractivity contribution in [1.82, 2.24) is 19.7 Å². The van der Waals surface area contributed by atoms with E-state index < -0.39 is 20.3 Å². The van der Waals surface area contributed by atoms with Crippen LogP contribution in [0.25, 0.3) is 11.0 Å². The minimum atomic E-state index is -1.97. The highest BCUT2D eigenvalue weighted by Crippen LogP contribution is 2.45. The molecular weight excluding hydrogens is 442 g/mol. The van der Waals surface area contributed by atoms with E-state index in [9.17, 15) is 0 Å². The van der Waals surface area contributed by atoms with E-state index >= 15 is 0 Å². The van der Waals surface area contributed by atoms with E-state index in [0.717, 1.165) is 0 Å². The van der Waals surface area contributed by atoms with E-state index in [0.29, 0.717) is 29.2 Å². The Balaban J connectivity index is 1.70. The number of hydrogen-bond acceptors (Lipinski definition) is 9. The predicted molar refractivity (Wildman–Crippen MR) is 126 cm³/mol. The quantitative estimate of drug-likeness (QED) is 0.621. The highest BCUT2D eigenvalue weighted by Gasteiger charge is 2.57. The van der Waals surface area contributed by atoms with Crippen molar-refractivity contribution in [3.63, 3.8) is 0 Å². The van der Waals surface area contributed by atoms with Crippen LogP contribution in [0.15, 0.2) is 6.33 Å². The van der Waals surface area contributed by atoms with Crippen molar-refractivity contribution >= 4 is 25.2 Å². The molecule has 2 fully saturated rings. The molecule has 0 aromatic carbocycles. The fourth-order valence-corrected chi connectivity index (χ4v) is 5.11. The van der Waals surface area contributed by atoms with Gasteiger partial charge in [-0.1, -0.05) is 20.8 Å². The number of rotatable bonds is 6. The number of aromatic nitrogens is 4. The SMILES string of the molecule is CO[C@@H](C)c1nn([C@@H]2O[C@H](CO[Si](C)(C)C(C)(C)C)[C@H]3OC(C)(C)O[C@H]32)c2ncnc(N)c12. The first-order chi connectivity index (χ1) is 15.3. The number of anilines is 1. The van der Waals surface area contributed by atoms with Crippen LogP contribution in [0.4, 0.5) is 5.82 Å². The molecule has 4 rings (SSSR count). The van der Waals surface area contributed by atoms with Gasteiger partial charge in [0.05, 0.1) is 18.1 Å². The van der Waals surface area contributed by atoms with E-state index in [-0.39, 0.29) is 29.5 Å². The number of hydrogen-bond donors (Lipinski definition) is 1. The molecule has 0 bridgehead atoms. The molecule has 0 saturated carbocycles. The van der Waals surface area contributed by atoms with Gasteiger partial charge in [0.2, 0.25) is 0 Å². The Hall–Kier alpha value is -1.63. The summed E-state index contributed by atoms with van der Waals surface area (Å²) >= 11 is 0. The molecule has 0 amide bonds. The maximum absolute atomic E-state index is 6.50. The Morgan fingerprint density at radius 2 is 1.88 bits per heavy atom. The van der Waals surface area contributed by atoms with Crippen LogP contribution in [0.3, 0.4) is 0 Å². The summed E-state index contributed by atoms with van der Waals surface area (Å²) in [6.07, 6.45) is -0.405. The van der Waals surface area contributed by atoms with Crippen molar-refractivity contribution in [1.29, 1.82) is 0 Å². The molecule has 0 spiro atoms. The maximum Gasteiger partial charge on any atom is 0.192 e. The molecule has 2 aromatic heterocycles. The minimum Gasteiger partial charge on any atom is -0.414 e. The van der Waals surface area contributed by atoms with E-state index in [1.165, 1.54) is 6.33 Å². The second-order valence-electron chi connectivity index (χ2n) is 10.9. The average Bonchev–Trinajstić information content (AvgIpc) is 3.34. The lowest BCUT2D eigenvalue weighted by atomic mass is 10.1. The van der Waals surface area contributed by atoms with Gasteiger partial charge in [-0.2, -0.15) is 5.10 Å². The van der Waals surface area contributed by atoms with Gasteiger partial charge in [0.25, 0.3) is 0 Å². The molecule has 2 aromatic rings. The third-order valence-electron chi connectivity index (χ3n) is 7.06. The van der Waals surface area contributed by atoms with Crippen molar-refractivity contribution in [2.75, 3.05) is 19.5 Å². The molecule has 2 aliphatic heterocycles. The van der Waals surface area contributed by atoms with Gasteiger partial charge in [0.1, 0.15) is 36.2 Å². The fourth-order valence-electron chi connectivity index (χ4n) is 4.09. The molecule has 2 saturated heterocycles. The number of ether oxygens (including phenoxy) is 4. The van der Waals surface area contributed by atoms with Crippen LogP contribution in [-0.4, -0.2) is 65.9 Å². The number of nitrogen functional groups attached to an aromatic ring is 1. The lowest BCUT2D eigenvalue weighted by molar-refractivity contribution is -0.200. The standard InChI is InChI=1S/C22H37N5O5Si/c1-12(28-7)15-14-18(23)24-11-25-19(14)27(26-15)20-17-16(31-22(5,6)32-17)13(30-20)10-29-33(8,9)21(2,3)4/h11-13,16-17,20H,10H2,1-9H3,(H2,23,24,25)/t12-,13+,16+,17+,20+/m0/s1. The molecule has 4 heterocycles. The van der Waals surface area contributed by atoms with Crippen molar-refractivity contribution in [2.45, 2.75) is 96.1 Å². The van der Waals surface area contributed by atoms with Gasteiger partial charge in [0.15, 0.2) is 26.0 Å². The van der Waals surface area contributed by atoms with Crippen LogP contribution in [0.5, 0.6) is 0 Å². The topological polar surface area (TPSA) is 116 Å². The first-order valence-corrected chi connectivity index (χ1v) is 14.3. The van der Waals surface area contributed by atoms with Gasteiger partial charge in [-0.15, -0.1) is 0 Å². The van der Waals surface area contributed by atoms with Crippen molar-refractivity contribution in [3.05, 3.63) is 12.0 Å². The van der Waals surface area contributed by atoms with E-state index in [4.69, 9.17) is 34.2 Å². The highest BCUT2D eigenvalue weighted by molar-refractivity contribution is 6.74. The normalized spacial score (nSPS) is 28.4. The molecular formula is C22H37N5O5Si. The minimum absolute atomic E-state index is 0.0918. The Kier molecular flexibility index (Phi) is 6.12. The predicted octanol–water partition coefficient (Wildman–Crippen LogP) is 3.56. The summed E-state index contributed by atoms with van der Waals surface area (Å²) in [7, 11) is -0.345. The zero-order valence-electron chi connectivity index (χ0n) is 21.1. The maximum atomic E-state index is 6.50. The second kappa shape index (κ2) is 8.24. The van der Waals surface area contributed by atoms with Gasteiger partial charge in [-0.3, -0.25) is 0 Å². The van der Waals surface area contributed by atoms with Crippen molar-refractivity contribution in [3.8, 4) is 0 Å². The number of methoxy groups -OCH3 is 1.